The maximum absolute atomic E-state index is 13.2. The van der Waals surface area contributed by atoms with Crippen LogP contribution in [0.3, 0.4) is 0 Å². The average Bonchev–Trinajstić information content (AvgIpc) is 3.17. The lowest BCUT2D eigenvalue weighted by Gasteiger charge is -2.15. The van der Waals surface area contributed by atoms with Crippen molar-refractivity contribution in [1.29, 1.82) is 0 Å². The summed E-state index contributed by atoms with van der Waals surface area (Å²) in [6, 6.07) is 12.7. The van der Waals surface area contributed by atoms with Crippen LogP contribution in [0, 0.1) is 5.82 Å². The summed E-state index contributed by atoms with van der Waals surface area (Å²) in [7, 11) is 0. The number of nitrogens with one attached hydrogen (secondary N) is 2. The van der Waals surface area contributed by atoms with Crippen LogP contribution in [-0.4, -0.2) is 17.0 Å². The lowest BCUT2D eigenvalue weighted by molar-refractivity contribution is -0.118. The van der Waals surface area contributed by atoms with Crippen molar-refractivity contribution in [2.75, 3.05) is 6.54 Å². The molecule has 5 nitrogen and oxygen atoms in total. The number of benzene rings is 2. The van der Waals surface area contributed by atoms with Gasteiger partial charge >= 0.3 is 0 Å². The molecule has 1 aromatic heterocycles. The summed E-state index contributed by atoms with van der Waals surface area (Å²) >= 11 is 0. The first-order chi connectivity index (χ1) is 14.5. The van der Waals surface area contributed by atoms with Gasteiger partial charge in [-0.15, -0.1) is 0 Å². The second kappa shape index (κ2) is 8.79. The fourth-order valence-electron chi connectivity index (χ4n) is 4.15. The standard InChI is InChI=1S/C24H26FN3O2/c1-16(29)27-9-10-28-23-13-19-4-2-3-18(19)11-20(23)12-21(24(28)30)15-26-14-17-5-7-22(25)8-6-17/h5-8,11-13,26H,2-4,9-10,14-15H2,1H3,(H,27,29). The second-order valence-corrected chi connectivity index (χ2v) is 7.87. The smallest absolute Gasteiger partial charge is 0.255 e. The van der Waals surface area contributed by atoms with Crippen molar-refractivity contribution < 1.29 is 9.18 Å². The van der Waals surface area contributed by atoms with E-state index in [1.165, 1.54) is 30.2 Å². The van der Waals surface area contributed by atoms with Gasteiger partial charge in [0.15, 0.2) is 0 Å². The third kappa shape index (κ3) is 4.44. The van der Waals surface area contributed by atoms with E-state index >= 15 is 0 Å². The van der Waals surface area contributed by atoms with Crippen LogP contribution < -0.4 is 16.2 Å². The highest BCUT2D eigenvalue weighted by Gasteiger charge is 2.16. The summed E-state index contributed by atoms with van der Waals surface area (Å²) in [5, 5.41) is 7.13. The highest BCUT2D eigenvalue weighted by Crippen LogP contribution is 2.27. The van der Waals surface area contributed by atoms with Crippen LogP contribution in [0.15, 0.2) is 47.3 Å². The fourth-order valence-corrected chi connectivity index (χ4v) is 4.15. The largest absolute Gasteiger partial charge is 0.355 e. The van der Waals surface area contributed by atoms with Crippen molar-refractivity contribution in [3.63, 3.8) is 0 Å². The van der Waals surface area contributed by atoms with Gasteiger partial charge in [0.2, 0.25) is 5.91 Å². The van der Waals surface area contributed by atoms with Crippen LogP contribution in [0.2, 0.25) is 0 Å². The van der Waals surface area contributed by atoms with Gasteiger partial charge in [-0.2, -0.15) is 0 Å². The third-order valence-corrected chi connectivity index (χ3v) is 5.65. The molecule has 1 amide bonds. The van der Waals surface area contributed by atoms with Crippen LogP contribution in [0.1, 0.15) is 35.6 Å². The summed E-state index contributed by atoms with van der Waals surface area (Å²) in [5.41, 5.74) is 5.20. The van der Waals surface area contributed by atoms with Gasteiger partial charge in [0.1, 0.15) is 5.82 Å². The number of fused-ring (bicyclic) bond motifs is 2. The molecule has 0 unspecified atom stereocenters. The Labute approximate surface area is 174 Å². The van der Waals surface area contributed by atoms with Crippen LogP contribution in [0.25, 0.3) is 10.9 Å². The van der Waals surface area contributed by atoms with Crippen LogP contribution in [0.4, 0.5) is 4.39 Å². The summed E-state index contributed by atoms with van der Waals surface area (Å²) in [6.07, 6.45) is 3.27. The molecular formula is C24H26FN3O2. The van der Waals surface area contributed by atoms with E-state index in [4.69, 9.17) is 0 Å². The number of aromatic nitrogens is 1. The quantitative estimate of drug-likeness (QED) is 0.633. The number of nitrogens with zero attached hydrogens (tertiary/aromatic N) is 1. The molecule has 0 fully saturated rings. The summed E-state index contributed by atoms with van der Waals surface area (Å²) in [5.74, 6) is -0.367. The number of hydrogen-bond acceptors (Lipinski definition) is 3. The molecule has 6 heteroatoms. The SMILES string of the molecule is CC(=O)NCCn1c(=O)c(CNCc2ccc(F)cc2)cc2cc3c(cc21)CCC3. The lowest BCUT2D eigenvalue weighted by atomic mass is 10.0. The topological polar surface area (TPSA) is 63.1 Å². The summed E-state index contributed by atoms with van der Waals surface area (Å²) in [4.78, 5) is 24.5. The van der Waals surface area contributed by atoms with Crippen molar-refractivity contribution >= 4 is 16.8 Å². The molecule has 2 N–H and O–H groups in total. The second-order valence-electron chi connectivity index (χ2n) is 7.87. The Morgan fingerprint density at radius 1 is 1.07 bits per heavy atom. The first kappa shape index (κ1) is 20.3. The van der Waals surface area contributed by atoms with Gasteiger partial charge in [0, 0.05) is 38.7 Å². The van der Waals surface area contributed by atoms with Crippen molar-refractivity contribution in [2.24, 2.45) is 0 Å². The Kier molecular flexibility index (Phi) is 5.95. The fraction of sp³-hybridized carbons (Fsp3) is 0.333. The number of carbonyl (C=O) groups is 1. The number of pyridine rings is 1. The van der Waals surface area contributed by atoms with E-state index in [2.05, 4.69) is 22.8 Å². The predicted octanol–water partition coefficient (Wildman–Crippen LogP) is 3.06. The van der Waals surface area contributed by atoms with Gasteiger partial charge in [0.25, 0.3) is 5.56 Å². The zero-order valence-electron chi connectivity index (χ0n) is 17.1. The van der Waals surface area contributed by atoms with E-state index in [9.17, 15) is 14.0 Å². The molecule has 0 aliphatic heterocycles. The summed E-state index contributed by atoms with van der Waals surface area (Å²) < 4.78 is 14.9. The van der Waals surface area contributed by atoms with Crippen LogP contribution in [0.5, 0.6) is 0 Å². The Hall–Kier alpha value is -2.99. The Bertz CT molecular complexity index is 1140. The van der Waals surface area contributed by atoms with Crippen molar-refractivity contribution in [3.05, 3.63) is 80.9 Å². The Morgan fingerprint density at radius 2 is 1.80 bits per heavy atom. The normalized spacial score (nSPS) is 12.9. The molecule has 156 valence electrons. The number of aryl methyl sites for hydroxylation is 2. The van der Waals surface area contributed by atoms with Gasteiger partial charge in [0.05, 0.1) is 5.52 Å². The third-order valence-electron chi connectivity index (χ3n) is 5.65. The van der Waals surface area contributed by atoms with E-state index in [1.807, 2.05) is 6.07 Å². The lowest BCUT2D eigenvalue weighted by Crippen LogP contribution is -2.32. The van der Waals surface area contributed by atoms with E-state index in [-0.39, 0.29) is 17.3 Å². The predicted molar refractivity (Wildman–Crippen MR) is 116 cm³/mol. The molecule has 2 aromatic carbocycles. The molecule has 3 aromatic rings. The number of hydrogen-bond donors (Lipinski definition) is 2. The average molecular weight is 407 g/mol. The molecule has 1 heterocycles. The monoisotopic (exact) mass is 407 g/mol. The van der Waals surface area contributed by atoms with E-state index in [0.29, 0.717) is 31.7 Å². The molecule has 0 saturated carbocycles. The minimum atomic E-state index is -0.261. The number of carbonyl (C=O) groups excluding carboxylic acids is 1. The number of halogens is 1. The number of rotatable bonds is 7. The van der Waals surface area contributed by atoms with Gasteiger partial charge in [-0.1, -0.05) is 12.1 Å². The molecule has 4 rings (SSSR count). The first-order valence-corrected chi connectivity index (χ1v) is 10.4. The maximum atomic E-state index is 13.2. The number of amides is 1. The first-order valence-electron chi connectivity index (χ1n) is 10.4. The van der Waals surface area contributed by atoms with Crippen LogP contribution in [-0.2, 0) is 37.3 Å². The van der Waals surface area contributed by atoms with Crippen molar-refractivity contribution in [1.82, 2.24) is 15.2 Å². The molecule has 0 spiro atoms. The van der Waals surface area contributed by atoms with E-state index < -0.39 is 0 Å². The highest BCUT2D eigenvalue weighted by molar-refractivity contribution is 5.82. The van der Waals surface area contributed by atoms with Gasteiger partial charge in [-0.25, -0.2) is 4.39 Å². The molecule has 0 bridgehead atoms. The minimum Gasteiger partial charge on any atom is -0.355 e. The molecule has 0 radical (unpaired) electrons. The molecule has 0 atom stereocenters. The Morgan fingerprint density at radius 3 is 2.53 bits per heavy atom. The molecule has 30 heavy (non-hydrogen) atoms. The highest BCUT2D eigenvalue weighted by atomic mass is 19.1. The molecular weight excluding hydrogens is 381 g/mol. The molecule has 1 aliphatic rings. The Balaban J connectivity index is 1.62. The van der Waals surface area contributed by atoms with E-state index in [0.717, 1.165) is 35.7 Å². The molecule has 1 aliphatic carbocycles. The minimum absolute atomic E-state index is 0.0441. The van der Waals surface area contributed by atoms with Crippen molar-refractivity contribution in [2.45, 2.75) is 45.8 Å². The summed E-state index contributed by atoms with van der Waals surface area (Å²) in [6.45, 7) is 3.29. The maximum Gasteiger partial charge on any atom is 0.255 e. The zero-order chi connectivity index (χ0) is 21.1. The van der Waals surface area contributed by atoms with Crippen LogP contribution >= 0.6 is 0 Å². The van der Waals surface area contributed by atoms with E-state index in [1.54, 1.807) is 16.7 Å². The van der Waals surface area contributed by atoms with Gasteiger partial charge < -0.3 is 15.2 Å². The van der Waals surface area contributed by atoms with Gasteiger partial charge in [-0.3, -0.25) is 9.59 Å². The van der Waals surface area contributed by atoms with Gasteiger partial charge in [-0.05, 0) is 71.7 Å². The molecule has 0 saturated heterocycles. The van der Waals surface area contributed by atoms with Crippen molar-refractivity contribution in [3.8, 4) is 0 Å². The zero-order valence-corrected chi connectivity index (χ0v) is 17.1.